The van der Waals surface area contributed by atoms with Crippen LogP contribution in [0, 0.1) is 5.82 Å². The fourth-order valence-corrected chi connectivity index (χ4v) is 4.30. The molecule has 2 N–H and O–H groups in total. The van der Waals surface area contributed by atoms with Crippen LogP contribution in [0.15, 0.2) is 97.1 Å². The van der Waals surface area contributed by atoms with E-state index >= 15 is 0 Å². The molecule has 0 aromatic heterocycles. The molecule has 0 unspecified atom stereocenters. The third-order valence-electron chi connectivity index (χ3n) is 6.40. The average Bonchev–Trinajstić information content (AvgIpc) is 2.98. The maximum Gasteiger partial charge on any atom is 0.305 e. The molecule has 0 saturated heterocycles. The molecular formula is C32H29FN2O5. The number of rotatable bonds is 11. The van der Waals surface area contributed by atoms with Gasteiger partial charge >= 0.3 is 5.97 Å². The number of nitrogens with one attached hydrogen (secondary N) is 1. The zero-order valence-electron chi connectivity index (χ0n) is 22.0. The lowest BCUT2D eigenvalue weighted by Crippen LogP contribution is -2.33. The van der Waals surface area contributed by atoms with Crippen molar-refractivity contribution in [3.05, 3.63) is 125 Å². The number of nitrogens with zero attached hydrogens (tertiary/aromatic N) is 1. The molecule has 204 valence electrons. The number of benzene rings is 4. The van der Waals surface area contributed by atoms with Crippen LogP contribution in [0.3, 0.4) is 0 Å². The van der Waals surface area contributed by atoms with Crippen molar-refractivity contribution in [2.24, 2.45) is 0 Å². The van der Waals surface area contributed by atoms with Gasteiger partial charge in [-0.1, -0.05) is 60.7 Å². The molecule has 2 amide bonds. The lowest BCUT2D eigenvalue weighted by atomic mass is 9.94. The maximum absolute atomic E-state index is 13.8. The SMILES string of the molecule is COc1ccc(CNC(=O)c2ccccc2-c2ccccc2C(=O)N(CCC(=O)O)Cc2ccc(F)cc2)cc1. The third-order valence-corrected chi connectivity index (χ3v) is 6.40. The van der Waals surface area contributed by atoms with Gasteiger partial charge in [0.25, 0.3) is 11.8 Å². The predicted molar refractivity (Wildman–Crippen MR) is 149 cm³/mol. The summed E-state index contributed by atoms with van der Waals surface area (Å²) in [5, 5.41) is 12.2. The van der Waals surface area contributed by atoms with E-state index in [1.165, 1.54) is 17.0 Å². The Balaban J connectivity index is 1.62. The molecule has 0 atom stereocenters. The first-order valence-corrected chi connectivity index (χ1v) is 12.7. The van der Waals surface area contributed by atoms with Crippen molar-refractivity contribution in [3.8, 4) is 16.9 Å². The van der Waals surface area contributed by atoms with Gasteiger partial charge in [-0.2, -0.15) is 0 Å². The summed E-state index contributed by atoms with van der Waals surface area (Å²) in [6, 6.07) is 27.0. The van der Waals surface area contributed by atoms with Gasteiger partial charge in [0.05, 0.1) is 13.5 Å². The van der Waals surface area contributed by atoms with E-state index in [0.717, 1.165) is 11.3 Å². The summed E-state index contributed by atoms with van der Waals surface area (Å²) >= 11 is 0. The molecule has 0 spiro atoms. The molecular weight excluding hydrogens is 511 g/mol. The normalized spacial score (nSPS) is 10.6. The number of carboxylic acid groups (broad SMARTS) is 1. The second-order valence-electron chi connectivity index (χ2n) is 9.12. The zero-order valence-corrected chi connectivity index (χ0v) is 22.0. The number of methoxy groups -OCH3 is 1. The van der Waals surface area contributed by atoms with Crippen LogP contribution in [-0.2, 0) is 17.9 Å². The lowest BCUT2D eigenvalue weighted by molar-refractivity contribution is -0.137. The highest BCUT2D eigenvalue weighted by atomic mass is 19.1. The second kappa shape index (κ2) is 13.2. The molecule has 40 heavy (non-hydrogen) atoms. The predicted octanol–water partition coefficient (Wildman–Crippen LogP) is 5.55. The number of amides is 2. The highest BCUT2D eigenvalue weighted by Crippen LogP contribution is 2.29. The van der Waals surface area contributed by atoms with E-state index in [9.17, 15) is 23.9 Å². The minimum atomic E-state index is -1.04. The Kier molecular flexibility index (Phi) is 9.25. The molecule has 4 aromatic carbocycles. The van der Waals surface area contributed by atoms with E-state index in [0.29, 0.717) is 34.4 Å². The van der Waals surface area contributed by atoms with E-state index in [1.54, 1.807) is 67.8 Å². The van der Waals surface area contributed by atoms with Crippen LogP contribution in [0.1, 0.15) is 38.3 Å². The molecule has 0 radical (unpaired) electrons. The number of carbonyl (C=O) groups is 3. The van der Waals surface area contributed by atoms with Gasteiger partial charge in [-0.3, -0.25) is 14.4 Å². The summed E-state index contributed by atoms with van der Waals surface area (Å²) in [6.45, 7) is 0.368. The number of carboxylic acids is 1. The van der Waals surface area contributed by atoms with Gasteiger partial charge in [0.2, 0.25) is 0 Å². The minimum absolute atomic E-state index is 0.0378. The van der Waals surface area contributed by atoms with E-state index in [2.05, 4.69) is 5.32 Å². The highest BCUT2D eigenvalue weighted by molar-refractivity contribution is 6.06. The van der Waals surface area contributed by atoms with Gasteiger partial charge in [-0.05, 0) is 58.7 Å². The van der Waals surface area contributed by atoms with E-state index in [4.69, 9.17) is 4.74 Å². The van der Waals surface area contributed by atoms with Crippen molar-refractivity contribution in [2.45, 2.75) is 19.5 Å². The number of ether oxygens (including phenoxy) is 1. The first kappa shape index (κ1) is 28.0. The average molecular weight is 541 g/mol. The van der Waals surface area contributed by atoms with E-state index in [-0.39, 0.29) is 25.4 Å². The first-order valence-electron chi connectivity index (χ1n) is 12.7. The summed E-state index contributed by atoms with van der Waals surface area (Å²) in [5.41, 5.74) is 3.39. The second-order valence-corrected chi connectivity index (χ2v) is 9.12. The Morgan fingerprint density at radius 3 is 2.00 bits per heavy atom. The van der Waals surface area contributed by atoms with Gasteiger partial charge in [-0.15, -0.1) is 0 Å². The molecule has 4 rings (SSSR count). The van der Waals surface area contributed by atoms with Gasteiger partial charge in [0, 0.05) is 30.8 Å². The molecule has 8 heteroatoms. The Bertz CT molecular complexity index is 1490. The monoisotopic (exact) mass is 540 g/mol. The Labute approximate surface area is 231 Å². The summed E-state index contributed by atoms with van der Waals surface area (Å²) in [5.74, 6) is -1.42. The van der Waals surface area contributed by atoms with Crippen LogP contribution < -0.4 is 10.1 Å². The Hall–Kier alpha value is -4.98. The van der Waals surface area contributed by atoms with Crippen molar-refractivity contribution in [2.75, 3.05) is 13.7 Å². The molecule has 7 nitrogen and oxygen atoms in total. The zero-order chi connectivity index (χ0) is 28.5. The van der Waals surface area contributed by atoms with Crippen molar-refractivity contribution in [1.29, 1.82) is 0 Å². The standard InChI is InChI=1S/C32H29FN2O5/c1-40-25-16-12-22(13-17-25)20-34-31(38)28-8-4-2-6-26(28)27-7-3-5-9-29(27)32(39)35(19-18-30(36)37)21-23-10-14-24(33)15-11-23/h2-17H,18-21H2,1H3,(H,34,38)(H,36,37). The van der Waals surface area contributed by atoms with Gasteiger partial charge < -0.3 is 20.1 Å². The van der Waals surface area contributed by atoms with Crippen molar-refractivity contribution in [1.82, 2.24) is 10.2 Å². The molecule has 0 heterocycles. The summed E-state index contributed by atoms with van der Waals surface area (Å²) < 4.78 is 18.6. The van der Waals surface area contributed by atoms with Gasteiger partial charge in [-0.25, -0.2) is 4.39 Å². The Morgan fingerprint density at radius 1 is 0.800 bits per heavy atom. The van der Waals surface area contributed by atoms with Crippen LogP contribution >= 0.6 is 0 Å². The van der Waals surface area contributed by atoms with Crippen molar-refractivity contribution in [3.63, 3.8) is 0 Å². The third kappa shape index (κ3) is 7.11. The fraction of sp³-hybridized carbons (Fsp3) is 0.156. The summed E-state index contributed by atoms with van der Waals surface area (Å²) in [4.78, 5) is 39.8. The van der Waals surface area contributed by atoms with Gasteiger partial charge in [0.1, 0.15) is 11.6 Å². The number of hydrogen-bond donors (Lipinski definition) is 2. The Morgan fingerprint density at radius 2 is 1.38 bits per heavy atom. The summed E-state index contributed by atoms with van der Waals surface area (Å²) in [7, 11) is 1.59. The topological polar surface area (TPSA) is 95.9 Å². The number of halogens is 1. The molecule has 0 aliphatic heterocycles. The quantitative estimate of drug-likeness (QED) is 0.260. The first-order chi connectivity index (χ1) is 19.4. The molecule has 0 bridgehead atoms. The van der Waals surface area contributed by atoms with Crippen LogP contribution in [0.5, 0.6) is 5.75 Å². The molecule has 0 aliphatic rings. The fourth-order valence-electron chi connectivity index (χ4n) is 4.30. The maximum atomic E-state index is 13.8. The number of hydrogen-bond acceptors (Lipinski definition) is 4. The largest absolute Gasteiger partial charge is 0.497 e. The van der Waals surface area contributed by atoms with Crippen molar-refractivity contribution >= 4 is 17.8 Å². The highest BCUT2D eigenvalue weighted by Gasteiger charge is 2.23. The van der Waals surface area contributed by atoms with Crippen LogP contribution in [-0.4, -0.2) is 41.4 Å². The number of aliphatic carboxylic acids is 1. The molecule has 0 aliphatic carbocycles. The molecule has 4 aromatic rings. The van der Waals surface area contributed by atoms with E-state index in [1.807, 2.05) is 24.3 Å². The summed E-state index contributed by atoms with van der Waals surface area (Å²) in [6.07, 6.45) is -0.251. The van der Waals surface area contributed by atoms with Crippen molar-refractivity contribution < 1.29 is 28.6 Å². The smallest absolute Gasteiger partial charge is 0.305 e. The lowest BCUT2D eigenvalue weighted by Gasteiger charge is -2.24. The van der Waals surface area contributed by atoms with Crippen LogP contribution in [0.2, 0.25) is 0 Å². The molecule has 0 fully saturated rings. The number of carbonyl (C=O) groups excluding carboxylic acids is 2. The van der Waals surface area contributed by atoms with E-state index < -0.39 is 17.7 Å². The molecule has 0 saturated carbocycles. The minimum Gasteiger partial charge on any atom is -0.497 e. The van der Waals surface area contributed by atoms with Gasteiger partial charge in [0.15, 0.2) is 0 Å². The van der Waals surface area contributed by atoms with Crippen LogP contribution in [0.4, 0.5) is 4.39 Å². The van der Waals surface area contributed by atoms with Crippen LogP contribution in [0.25, 0.3) is 11.1 Å².